The smallest absolute Gasteiger partial charge is 0.227 e. The lowest BCUT2D eigenvalue weighted by atomic mass is 9.81. The molecule has 0 spiro atoms. The van der Waals surface area contributed by atoms with Gasteiger partial charge in [0, 0.05) is 19.5 Å². The molecular formula is C12H20N4O2. The fourth-order valence-corrected chi connectivity index (χ4v) is 2.52. The van der Waals surface area contributed by atoms with E-state index in [0.29, 0.717) is 18.8 Å². The highest BCUT2D eigenvalue weighted by Crippen LogP contribution is 2.31. The summed E-state index contributed by atoms with van der Waals surface area (Å²) in [6.07, 6.45) is 4.80. The SMILES string of the molecule is CCCC1(C(=O)NCCc2ncon2)CCNC1. The lowest BCUT2D eigenvalue weighted by molar-refractivity contribution is -0.130. The highest BCUT2D eigenvalue weighted by Gasteiger charge is 2.39. The quantitative estimate of drug-likeness (QED) is 0.771. The Bertz CT molecular complexity index is 371. The molecule has 6 nitrogen and oxygen atoms in total. The van der Waals surface area contributed by atoms with E-state index < -0.39 is 0 Å². The van der Waals surface area contributed by atoms with Gasteiger partial charge in [0.1, 0.15) is 0 Å². The number of amides is 1. The summed E-state index contributed by atoms with van der Waals surface area (Å²) in [5.74, 6) is 0.780. The maximum absolute atomic E-state index is 12.3. The molecule has 1 aliphatic heterocycles. The molecule has 2 N–H and O–H groups in total. The topological polar surface area (TPSA) is 80.1 Å². The average Bonchev–Trinajstić information content (AvgIpc) is 3.01. The Balaban J connectivity index is 1.82. The van der Waals surface area contributed by atoms with Crippen LogP contribution in [0.4, 0.5) is 0 Å². The molecule has 0 bridgehead atoms. The van der Waals surface area contributed by atoms with Gasteiger partial charge in [-0.05, 0) is 19.4 Å². The van der Waals surface area contributed by atoms with Crippen molar-refractivity contribution in [1.82, 2.24) is 20.8 Å². The van der Waals surface area contributed by atoms with Gasteiger partial charge in [-0.3, -0.25) is 4.79 Å². The molecule has 18 heavy (non-hydrogen) atoms. The van der Waals surface area contributed by atoms with Crippen LogP contribution in [0.3, 0.4) is 0 Å². The Labute approximate surface area is 107 Å². The number of nitrogens with zero attached hydrogens (tertiary/aromatic N) is 2. The minimum Gasteiger partial charge on any atom is -0.355 e. The van der Waals surface area contributed by atoms with Gasteiger partial charge < -0.3 is 15.2 Å². The van der Waals surface area contributed by atoms with Crippen LogP contribution in [0.25, 0.3) is 0 Å². The zero-order valence-corrected chi connectivity index (χ0v) is 10.7. The lowest BCUT2D eigenvalue weighted by Gasteiger charge is -2.26. The van der Waals surface area contributed by atoms with E-state index in [1.54, 1.807) is 0 Å². The second-order valence-corrected chi connectivity index (χ2v) is 4.81. The van der Waals surface area contributed by atoms with Crippen molar-refractivity contribution in [2.75, 3.05) is 19.6 Å². The van der Waals surface area contributed by atoms with Crippen molar-refractivity contribution < 1.29 is 9.32 Å². The first-order valence-electron chi connectivity index (χ1n) is 6.51. The van der Waals surface area contributed by atoms with Crippen LogP contribution in [0, 0.1) is 5.41 Å². The van der Waals surface area contributed by atoms with Crippen LogP contribution in [0.15, 0.2) is 10.9 Å². The van der Waals surface area contributed by atoms with Crippen molar-refractivity contribution in [2.45, 2.75) is 32.6 Å². The van der Waals surface area contributed by atoms with Gasteiger partial charge in [-0.25, -0.2) is 0 Å². The predicted octanol–water partition coefficient (Wildman–Crippen LogP) is 0.508. The summed E-state index contributed by atoms with van der Waals surface area (Å²) in [6, 6.07) is 0. The Morgan fingerprint density at radius 1 is 1.67 bits per heavy atom. The minimum atomic E-state index is -0.216. The summed E-state index contributed by atoms with van der Waals surface area (Å²) >= 11 is 0. The molecule has 1 fully saturated rings. The Morgan fingerprint density at radius 2 is 2.56 bits per heavy atom. The van der Waals surface area contributed by atoms with Crippen molar-refractivity contribution in [3.8, 4) is 0 Å². The number of carbonyl (C=O) groups is 1. The molecule has 2 rings (SSSR count). The Hall–Kier alpha value is -1.43. The highest BCUT2D eigenvalue weighted by atomic mass is 16.5. The van der Waals surface area contributed by atoms with Gasteiger partial charge in [-0.2, -0.15) is 4.98 Å². The first-order chi connectivity index (χ1) is 8.77. The van der Waals surface area contributed by atoms with Gasteiger partial charge in [-0.1, -0.05) is 18.5 Å². The molecule has 100 valence electrons. The van der Waals surface area contributed by atoms with E-state index in [1.807, 2.05) is 0 Å². The minimum absolute atomic E-state index is 0.151. The van der Waals surface area contributed by atoms with Gasteiger partial charge >= 0.3 is 0 Å². The molecule has 6 heteroatoms. The molecule has 0 aliphatic carbocycles. The van der Waals surface area contributed by atoms with Gasteiger partial charge in [0.25, 0.3) is 0 Å². The summed E-state index contributed by atoms with van der Waals surface area (Å²) in [6.45, 7) is 4.39. The highest BCUT2D eigenvalue weighted by molar-refractivity contribution is 5.83. The largest absolute Gasteiger partial charge is 0.355 e. The fraction of sp³-hybridized carbons (Fsp3) is 0.750. The monoisotopic (exact) mass is 252 g/mol. The Kier molecular flexibility index (Phi) is 4.30. The van der Waals surface area contributed by atoms with Crippen LogP contribution in [-0.2, 0) is 11.2 Å². The number of hydrogen-bond donors (Lipinski definition) is 2. The second kappa shape index (κ2) is 5.95. The zero-order chi connectivity index (χ0) is 12.8. The van der Waals surface area contributed by atoms with Crippen molar-refractivity contribution in [1.29, 1.82) is 0 Å². The standard InChI is InChI=1S/C12H20N4O2/c1-2-4-12(5-7-13-8-12)11(17)14-6-3-10-15-9-18-16-10/h9,13H,2-8H2,1H3,(H,14,17). The summed E-state index contributed by atoms with van der Waals surface area (Å²) in [7, 11) is 0. The van der Waals surface area contributed by atoms with Crippen LogP contribution >= 0.6 is 0 Å². The van der Waals surface area contributed by atoms with Crippen molar-refractivity contribution in [3.63, 3.8) is 0 Å². The third kappa shape index (κ3) is 2.87. The fourth-order valence-electron chi connectivity index (χ4n) is 2.52. The van der Waals surface area contributed by atoms with Crippen LogP contribution in [0.5, 0.6) is 0 Å². The third-order valence-electron chi connectivity index (χ3n) is 3.50. The number of aromatic nitrogens is 2. The second-order valence-electron chi connectivity index (χ2n) is 4.81. The van der Waals surface area contributed by atoms with Crippen LogP contribution in [-0.4, -0.2) is 35.7 Å². The molecule has 1 aromatic rings. The van der Waals surface area contributed by atoms with E-state index in [2.05, 4.69) is 32.2 Å². The van der Waals surface area contributed by atoms with Crippen molar-refractivity contribution in [3.05, 3.63) is 12.2 Å². The van der Waals surface area contributed by atoms with E-state index in [9.17, 15) is 4.79 Å². The van der Waals surface area contributed by atoms with E-state index >= 15 is 0 Å². The van der Waals surface area contributed by atoms with Crippen LogP contribution in [0.1, 0.15) is 32.0 Å². The van der Waals surface area contributed by atoms with Gasteiger partial charge in [-0.15, -0.1) is 0 Å². The Morgan fingerprint density at radius 3 is 3.17 bits per heavy atom. The lowest BCUT2D eigenvalue weighted by Crippen LogP contribution is -2.43. The molecule has 1 atom stereocenters. The molecule has 0 aromatic carbocycles. The van der Waals surface area contributed by atoms with E-state index in [1.165, 1.54) is 6.39 Å². The summed E-state index contributed by atoms with van der Waals surface area (Å²) < 4.78 is 4.65. The average molecular weight is 252 g/mol. The van der Waals surface area contributed by atoms with E-state index in [4.69, 9.17) is 0 Å². The molecule has 1 amide bonds. The predicted molar refractivity (Wildman–Crippen MR) is 65.8 cm³/mol. The molecule has 1 aromatic heterocycles. The molecule has 1 saturated heterocycles. The van der Waals surface area contributed by atoms with Crippen molar-refractivity contribution >= 4 is 5.91 Å². The maximum Gasteiger partial charge on any atom is 0.227 e. The normalized spacial score (nSPS) is 23.2. The van der Waals surface area contributed by atoms with Gasteiger partial charge in [0.15, 0.2) is 5.82 Å². The number of rotatable bonds is 6. The van der Waals surface area contributed by atoms with Crippen LogP contribution in [0.2, 0.25) is 0 Å². The third-order valence-corrected chi connectivity index (χ3v) is 3.50. The summed E-state index contributed by atoms with van der Waals surface area (Å²) in [5, 5.41) is 9.98. The molecule has 0 saturated carbocycles. The molecule has 0 radical (unpaired) electrons. The van der Waals surface area contributed by atoms with Crippen molar-refractivity contribution in [2.24, 2.45) is 5.41 Å². The van der Waals surface area contributed by atoms with Crippen LogP contribution < -0.4 is 10.6 Å². The van der Waals surface area contributed by atoms with E-state index in [0.717, 1.165) is 32.4 Å². The molecule has 1 unspecified atom stereocenters. The maximum atomic E-state index is 12.3. The molecule has 1 aliphatic rings. The molecule has 2 heterocycles. The van der Waals surface area contributed by atoms with Gasteiger partial charge in [0.05, 0.1) is 5.41 Å². The molecular weight excluding hydrogens is 232 g/mol. The van der Waals surface area contributed by atoms with E-state index in [-0.39, 0.29) is 11.3 Å². The zero-order valence-electron chi connectivity index (χ0n) is 10.7. The first-order valence-corrected chi connectivity index (χ1v) is 6.51. The number of hydrogen-bond acceptors (Lipinski definition) is 5. The number of carbonyl (C=O) groups excluding carboxylic acids is 1. The number of nitrogens with one attached hydrogen (secondary N) is 2. The van der Waals surface area contributed by atoms with Gasteiger partial charge in [0.2, 0.25) is 12.3 Å². The first kappa shape index (κ1) is 13.0. The summed E-state index contributed by atoms with van der Waals surface area (Å²) in [5.41, 5.74) is -0.216. The summed E-state index contributed by atoms with van der Waals surface area (Å²) in [4.78, 5) is 16.2.